The highest BCUT2D eigenvalue weighted by Crippen LogP contribution is 2.32. The number of nitrogens with zero attached hydrogens (tertiary/aromatic N) is 2. The van der Waals surface area contributed by atoms with Crippen LogP contribution in [0.25, 0.3) is 0 Å². The number of likely N-dealkylation sites (tertiary alicyclic amines) is 1. The van der Waals surface area contributed by atoms with Crippen molar-refractivity contribution in [1.29, 1.82) is 0 Å². The van der Waals surface area contributed by atoms with Crippen LogP contribution in [0.15, 0.2) is 24.3 Å². The molecule has 5 nitrogen and oxygen atoms in total. The lowest BCUT2D eigenvalue weighted by Crippen LogP contribution is -2.44. The standard InChI is InChI=1S/C16H21FN2O3/c17-13-3-1-12(2-4-13)15-9-14(20)10-19(15)16(21)11-18-5-7-22-8-6-18/h1-4,14-15,20H,5-11H2/t14-,15-/m0/s1. The van der Waals surface area contributed by atoms with Crippen molar-refractivity contribution in [1.82, 2.24) is 9.80 Å². The van der Waals surface area contributed by atoms with Gasteiger partial charge in [-0.25, -0.2) is 4.39 Å². The molecule has 3 rings (SSSR count). The van der Waals surface area contributed by atoms with Crippen molar-refractivity contribution < 1.29 is 19.0 Å². The Labute approximate surface area is 129 Å². The molecule has 1 aromatic carbocycles. The Bertz CT molecular complexity index is 517. The van der Waals surface area contributed by atoms with Gasteiger partial charge in [-0.15, -0.1) is 0 Å². The van der Waals surface area contributed by atoms with Gasteiger partial charge in [0.15, 0.2) is 0 Å². The topological polar surface area (TPSA) is 53.0 Å². The summed E-state index contributed by atoms with van der Waals surface area (Å²) in [5.41, 5.74) is 0.869. The van der Waals surface area contributed by atoms with Crippen molar-refractivity contribution in [3.05, 3.63) is 35.6 Å². The number of hydrogen-bond acceptors (Lipinski definition) is 4. The second kappa shape index (κ2) is 6.73. The Balaban J connectivity index is 1.69. The van der Waals surface area contributed by atoms with E-state index in [1.807, 2.05) is 0 Å². The minimum absolute atomic E-state index is 0.00720. The number of β-amino-alcohol motifs (C(OH)–C–C–N with tert-alkyl or cyclic N) is 1. The zero-order valence-corrected chi connectivity index (χ0v) is 12.4. The summed E-state index contributed by atoms with van der Waals surface area (Å²) in [4.78, 5) is 16.4. The van der Waals surface area contributed by atoms with Gasteiger partial charge in [-0.3, -0.25) is 9.69 Å². The maximum Gasteiger partial charge on any atom is 0.237 e. The van der Waals surface area contributed by atoms with E-state index in [2.05, 4.69) is 4.90 Å². The number of morpholine rings is 1. The number of halogens is 1. The molecule has 1 N–H and O–H groups in total. The van der Waals surface area contributed by atoms with Crippen molar-refractivity contribution in [2.75, 3.05) is 39.4 Å². The number of carbonyl (C=O) groups excluding carboxylic acids is 1. The van der Waals surface area contributed by atoms with Crippen LogP contribution in [0.5, 0.6) is 0 Å². The molecule has 0 aromatic heterocycles. The minimum atomic E-state index is -0.524. The molecule has 2 atom stereocenters. The molecule has 2 aliphatic rings. The lowest BCUT2D eigenvalue weighted by Gasteiger charge is -2.30. The van der Waals surface area contributed by atoms with Gasteiger partial charge < -0.3 is 14.7 Å². The summed E-state index contributed by atoms with van der Waals surface area (Å²) in [5, 5.41) is 9.94. The summed E-state index contributed by atoms with van der Waals surface area (Å²) in [5.74, 6) is -0.290. The van der Waals surface area contributed by atoms with Crippen LogP contribution in [-0.4, -0.2) is 66.3 Å². The monoisotopic (exact) mass is 308 g/mol. The fourth-order valence-electron chi connectivity index (χ4n) is 3.13. The van der Waals surface area contributed by atoms with E-state index in [9.17, 15) is 14.3 Å². The number of amides is 1. The number of aliphatic hydroxyl groups is 1. The highest BCUT2D eigenvalue weighted by Gasteiger charge is 2.35. The summed E-state index contributed by atoms with van der Waals surface area (Å²) in [6.45, 7) is 3.49. The molecule has 0 bridgehead atoms. The van der Waals surface area contributed by atoms with Gasteiger partial charge in [0.05, 0.1) is 31.9 Å². The number of hydrogen-bond donors (Lipinski definition) is 1. The summed E-state index contributed by atoms with van der Waals surface area (Å²) in [7, 11) is 0. The third kappa shape index (κ3) is 3.45. The van der Waals surface area contributed by atoms with E-state index in [1.54, 1.807) is 17.0 Å². The molecule has 120 valence electrons. The molecule has 2 aliphatic heterocycles. The van der Waals surface area contributed by atoms with E-state index in [0.717, 1.165) is 18.7 Å². The highest BCUT2D eigenvalue weighted by atomic mass is 19.1. The Morgan fingerprint density at radius 3 is 2.64 bits per heavy atom. The number of ether oxygens (including phenoxy) is 1. The average molecular weight is 308 g/mol. The van der Waals surface area contributed by atoms with Crippen LogP contribution in [0.2, 0.25) is 0 Å². The summed E-state index contributed by atoms with van der Waals surface area (Å²) in [6.07, 6.45) is -0.0239. The van der Waals surface area contributed by atoms with Gasteiger partial charge in [-0.1, -0.05) is 12.1 Å². The molecule has 0 spiro atoms. The Kier molecular flexibility index (Phi) is 4.71. The van der Waals surface area contributed by atoms with E-state index in [0.29, 0.717) is 32.7 Å². The van der Waals surface area contributed by atoms with Crippen LogP contribution >= 0.6 is 0 Å². The summed E-state index contributed by atoms with van der Waals surface area (Å²) in [6, 6.07) is 5.99. The molecule has 0 radical (unpaired) electrons. The molecule has 1 amide bonds. The molecule has 0 unspecified atom stereocenters. The van der Waals surface area contributed by atoms with E-state index in [1.165, 1.54) is 12.1 Å². The number of carbonyl (C=O) groups is 1. The molecule has 0 aliphatic carbocycles. The first kappa shape index (κ1) is 15.4. The zero-order valence-electron chi connectivity index (χ0n) is 12.4. The van der Waals surface area contributed by atoms with Crippen molar-refractivity contribution in [2.24, 2.45) is 0 Å². The Morgan fingerprint density at radius 2 is 1.95 bits per heavy atom. The number of rotatable bonds is 3. The highest BCUT2D eigenvalue weighted by molar-refractivity contribution is 5.79. The predicted molar refractivity (Wildman–Crippen MR) is 78.7 cm³/mol. The maximum atomic E-state index is 13.1. The zero-order chi connectivity index (χ0) is 15.5. The maximum absolute atomic E-state index is 13.1. The second-order valence-electron chi connectivity index (χ2n) is 5.89. The molecule has 6 heteroatoms. The molecule has 2 heterocycles. The van der Waals surface area contributed by atoms with Gasteiger partial charge in [-0.05, 0) is 24.1 Å². The molecule has 2 fully saturated rings. The van der Waals surface area contributed by atoms with Gasteiger partial charge >= 0.3 is 0 Å². The SMILES string of the molecule is O=C(CN1CCOCC1)N1C[C@@H](O)C[C@H]1c1ccc(F)cc1. The van der Waals surface area contributed by atoms with Crippen LogP contribution in [0.3, 0.4) is 0 Å². The van der Waals surface area contributed by atoms with Crippen molar-refractivity contribution in [3.63, 3.8) is 0 Å². The van der Waals surface area contributed by atoms with E-state index in [-0.39, 0.29) is 17.8 Å². The van der Waals surface area contributed by atoms with Gasteiger partial charge in [0.25, 0.3) is 0 Å². The lowest BCUT2D eigenvalue weighted by atomic mass is 10.0. The lowest BCUT2D eigenvalue weighted by molar-refractivity contribution is -0.134. The minimum Gasteiger partial charge on any atom is -0.391 e. The summed E-state index contributed by atoms with van der Waals surface area (Å²) < 4.78 is 18.3. The predicted octanol–water partition coefficient (Wildman–Crippen LogP) is 0.792. The smallest absolute Gasteiger partial charge is 0.237 e. The third-order valence-electron chi connectivity index (χ3n) is 4.32. The van der Waals surface area contributed by atoms with Crippen LogP contribution in [0.4, 0.5) is 4.39 Å². The average Bonchev–Trinajstić information content (AvgIpc) is 2.91. The van der Waals surface area contributed by atoms with E-state index < -0.39 is 6.10 Å². The van der Waals surface area contributed by atoms with Crippen LogP contribution in [0, 0.1) is 5.82 Å². The third-order valence-corrected chi connectivity index (χ3v) is 4.32. The number of aliphatic hydroxyl groups excluding tert-OH is 1. The summed E-state index contributed by atoms with van der Waals surface area (Å²) >= 11 is 0. The largest absolute Gasteiger partial charge is 0.391 e. The van der Waals surface area contributed by atoms with Crippen molar-refractivity contribution in [3.8, 4) is 0 Å². The molecule has 2 saturated heterocycles. The fraction of sp³-hybridized carbons (Fsp3) is 0.562. The second-order valence-corrected chi connectivity index (χ2v) is 5.89. The molecular formula is C16H21FN2O3. The van der Waals surface area contributed by atoms with Gasteiger partial charge in [0.1, 0.15) is 5.82 Å². The fourth-order valence-corrected chi connectivity index (χ4v) is 3.13. The van der Waals surface area contributed by atoms with Crippen LogP contribution in [-0.2, 0) is 9.53 Å². The van der Waals surface area contributed by atoms with Crippen LogP contribution in [0.1, 0.15) is 18.0 Å². The van der Waals surface area contributed by atoms with Gasteiger partial charge in [0, 0.05) is 19.6 Å². The van der Waals surface area contributed by atoms with Gasteiger partial charge in [0.2, 0.25) is 5.91 Å². The Morgan fingerprint density at radius 1 is 1.27 bits per heavy atom. The van der Waals surface area contributed by atoms with E-state index >= 15 is 0 Å². The Hall–Kier alpha value is -1.50. The van der Waals surface area contributed by atoms with Crippen molar-refractivity contribution in [2.45, 2.75) is 18.6 Å². The number of benzene rings is 1. The van der Waals surface area contributed by atoms with Crippen LogP contribution < -0.4 is 0 Å². The molecule has 22 heavy (non-hydrogen) atoms. The first-order valence-electron chi connectivity index (χ1n) is 7.66. The molecular weight excluding hydrogens is 287 g/mol. The normalized spacial score (nSPS) is 26.4. The first-order valence-corrected chi connectivity index (χ1v) is 7.66. The first-order chi connectivity index (χ1) is 10.6. The van der Waals surface area contributed by atoms with Crippen molar-refractivity contribution >= 4 is 5.91 Å². The van der Waals surface area contributed by atoms with Gasteiger partial charge in [-0.2, -0.15) is 0 Å². The molecule has 0 saturated carbocycles. The molecule has 1 aromatic rings. The quantitative estimate of drug-likeness (QED) is 0.897. The van der Waals surface area contributed by atoms with E-state index in [4.69, 9.17) is 4.74 Å².